The summed E-state index contributed by atoms with van der Waals surface area (Å²) in [6.07, 6.45) is 2.59. The lowest BCUT2D eigenvalue weighted by atomic mass is 9.95. The van der Waals surface area contributed by atoms with Crippen LogP contribution in [-0.4, -0.2) is 24.0 Å². The predicted molar refractivity (Wildman–Crippen MR) is 116 cm³/mol. The number of carbonyl (C=O) groups is 1. The summed E-state index contributed by atoms with van der Waals surface area (Å²) in [5.74, 6) is -0.967. The number of rotatable bonds is 4. The number of amides is 1. The molecule has 0 atom stereocenters. The summed E-state index contributed by atoms with van der Waals surface area (Å²) in [7, 11) is 0. The zero-order chi connectivity index (χ0) is 21.3. The fourth-order valence-corrected chi connectivity index (χ4v) is 3.71. The van der Waals surface area contributed by atoms with Crippen LogP contribution < -0.4 is 10.2 Å². The third kappa shape index (κ3) is 3.99. The molecule has 1 N–H and O–H groups in total. The van der Waals surface area contributed by atoms with Crippen molar-refractivity contribution in [2.45, 2.75) is 27.2 Å². The Bertz CT molecular complexity index is 1100. The second kappa shape index (κ2) is 8.14. The lowest BCUT2D eigenvalue weighted by molar-refractivity contribution is 0.102. The summed E-state index contributed by atoms with van der Waals surface area (Å²) in [5, 5.41) is 2.79. The normalized spacial score (nSPS) is 14.2. The van der Waals surface area contributed by atoms with Crippen molar-refractivity contribution in [1.82, 2.24) is 4.98 Å². The van der Waals surface area contributed by atoms with Crippen molar-refractivity contribution in [3.8, 4) is 0 Å². The zero-order valence-electron chi connectivity index (χ0n) is 17.3. The molecule has 0 fully saturated rings. The third-order valence-electron chi connectivity index (χ3n) is 5.44. The highest BCUT2D eigenvalue weighted by Crippen LogP contribution is 2.30. The predicted octanol–water partition coefficient (Wildman–Crippen LogP) is 5.37. The average molecular weight is 405 g/mol. The van der Waals surface area contributed by atoms with Gasteiger partial charge in [0.2, 0.25) is 0 Å². The molecule has 0 saturated carbocycles. The van der Waals surface area contributed by atoms with Crippen LogP contribution in [0.5, 0.6) is 0 Å². The van der Waals surface area contributed by atoms with Gasteiger partial charge in [-0.2, -0.15) is 4.98 Å². The molecule has 0 radical (unpaired) electrons. The second-order valence-corrected chi connectivity index (χ2v) is 7.67. The molecule has 154 valence electrons. The van der Waals surface area contributed by atoms with Gasteiger partial charge in [0.05, 0.1) is 11.3 Å². The molecular weight excluding hydrogens is 381 g/mol. The maximum absolute atomic E-state index is 14.0. The van der Waals surface area contributed by atoms with Crippen LogP contribution in [0.3, 0.4) is 0 Å². The first kappa shape index (κ1) is 19.9. The summed E-state index contributed by atoms with van der Waals surface area (Å²) in [6.45, 7) is 7.36. The van der Waals surface area contributed by atoms with Gasteiger partial charge in [0.25, 0.3) is 11.9 Å². The van der Waals surface area contributed by atoms with Gasteiger partial charge in [0, 0.05) is 18.8 Å². The van der Waals surface area contributed by atoms with E-state index in [1.165, 1.54) is 17.2 Å². The molecule has 2 heterocycles. The molecule has 6 heteroatoms. The van der Waals surface area contributed by atoms with Gasteiger partial charge in [0.1, 0.15) is 12.1 Å². The molecule has 1 aliphatic rings. The maximum Gasteiger partial charge on any atom is 0.297 e. The molecule has 1 aromatic heterocycles. The number of nitrogens with one attached hydrogen (secondary N) is 1. The molecule has 1 aliphatic heterocycles. The molecular formula is C24H24FN3O2. The number of hydrogen-bond donors (Lipinski definition) is 1. The van der Waals surface area contributed by atoms with Gasteiger partial charge in [-0.25, -0.2) is 4.39 Å². The van der Waals surface area contributed by atoms with Crippen LogP contribution in [0.4, 0.5) is 16.1 Å². The molecule has 0 unspecified atom stereocenters. The Morgan fingerprint density at radius 1 is 1.13 bits per heavy atom. The third-order valence-corrected chi connectivity index (χ3v) is 5.44. The van der Waals surface area contributed by atoms with Crippen molar-refractivity contribution in [3.05, 3.63) is 82.5 Å². The highest BCUT2D eigenvalue weighted by molar-refractivity contribution is 6.05. The Balaban J connectivity index is 1.51. The SMILES string of the molecule is CC1=C(c2ccc(NC(=O)c3c(C)cccc3F)cc2)CN(c2nc(C)co2)CC1. The van der Waals surface area contributed by atoms with Crippen molar-refractivity contribution in [2.75, 3.05) is 23.3 Å². The van der Waals surface area contributed by atoms with Crippen LogP contribution in [0.25, 0.3) is 5.57 Å². The van der Waals surface area contributed by atoms with E-state index < -0.39 is 11.7 Å². The smallest absolute Gasteiger partial charge is 0.297 e. The number of anilines is 2. The Kier molecular flexibility index (Phi) is 5.40. The number of benzene rings is 2. The van der Waals surface area contributed by atoms with Crippen molar-refractivity contribution < 1.29 is 13.6 Å². The Labute approximate surface area is 175 Å². The van der Waals surface area contributed by atoms with E-state index in [2.05, 4.69) is 22.1 Å². The monoisotopic (exact) mass is 405 g/mol. The number of hydrogen-bond acceptors (Lipinski definition) is 4. The molecule has 0 spiro atoms. The summed E-state index contributed by atoms with van der Waals surface area (Å²) >= 11 is 0. The van der Waals surface area contributed by atoms with E-state index in [1.54, 1.807) is 25.3 Å². The van der Waals surface area contributed by atoms with Crippen LogP contribution in [0.15, 0.2) is 58.7 Å². The molecule has 0 aliphatic carbocycles. The molecule has 0 bridgehead atoms. The number of oxazole rings is 1. The van der Waals surface area contributed by atoms with E-state index in [4.69, 9.17) is 4.42 Å². The number of halogens is 1. The molecule has 0 saturated heterocycles. The maximum atomic E-state index is 14.0. The van der Waals surface area contributed by atoms with E-state index in [-0.39, 0.29) is 5.56 Å². The van der Waals surface area contributed by atoms with E-state index in [9.17, 15) is 9.18 Å². The van der Waals surface area contributed by atoms with Crippen molar-refractivity contribution >= 4 is 23.2 Å². The minimum absolute atomic E-state index is 0.0734. The number of aryl methyl sites for hydroxylation is 2. The van der Waals surface area contributed by atoms with Crippen LogP contribution in [-0.2, 0) is 0 Å². The van der Waals surface area contributed by atoms with E-state index >= 15 is 0 Å². The van der Waals surface area contributed by atoms with Crippen LogP contribution in [0.2, 0.25) is 0 Å². The molecule has 4 rings (SSSR count). The van der Waals surface area contributed by atoms with E-state index in [0.29, 0.717) is 23.8 Å². The van der Waals surface area contributed by atoms with Crippen molar-refractivity contribution in [1.29, 1.82) is 0 Å². The number of carbonyl (C=O) groups excluding carboxylic acids is 1. The summed E-state index contributed by atoms with van der Waals surface area (Å²) in [6, 6.07) is 12.9. The molecule has 30 heavy (non-hydrogen) atoms. The van der Waals surface area contributed by atoms with Gasteiger partial charge < -0.3 is 14.6 Å². The first-order chi connectivity index (χ1) is 14.4. The highest BCUT2D eigenvalue weighted by Gasteiger charge is 2.21. The minimum atomic E-state index is -0.519. The van der Waals surface area contributed by atoms with Gasteiger partial charge in [-0.05, 0) is 62.1 Å². The molecule has 1 amide bonds. The van der Waals surface area contributed by atoms with E-state index in [1.807, 2.05) is 31.2 Å². The van der Waals surface area contributed by atoms with Gasteiger partial charge >= 0.3 is 0 Å². The van der Waals surface area contributed by atoms with Crippen LogP contribution in [0, 0.1) is 19.7 Å². The fraction of sp³-hybridized carbons (Fsp3) is 0.250. The van der Waals surface area contributed by atoms with Gasteiger partial charge in [-0.1, -0.05) is 29.8 Å². The largest absolute Gasteiger partial charge is 0.432 e. The molecule has 3 aromatic rings. The van der Waals surface area contributed by atoms with Crippen LogP contribution in [0.1, 0.15) is 40.5 Å². The molecule has 5 nitrogen and oxygen atoms in total. The lowest BCUT2D eigenvalue weighted by Gasteiger charge is -2.29. The summed E-state index contributed by atoms with van der Waals surface area (Å²) in [5.41, 5.74) is 5.80. The van der Waals surface area contributed by atoms with Gasteiger partial charge in [-0.3, -0.25) is 4.79 Å². The first-order valence-electron chi connectivity index (χ1n) is 9.95. The topological polar surface area (TPSA) is 58.4 Å². The Morgan fingerprint density at radius 3 is 2.57 bits per heavy atom. The quantitative estimate of drug-likeness (QED) is 0.634. The van der Waals surface area contributed by atoms with Gasteiger partial charge in [-0.15, -0.1) is 0 Å². The van der Waals surface area contributed by atoms with Crippen molar-refractivity contribution in [3.63, 3.8) is 0 Å². The first-order valence-corrected chi connectivity index (χ1v) is 9.95. The lowest BCUT2D eigenvalue weighted by Crippen LogP contribution is -2.31. The Hall–Kier alpha value is -3.41. The molecule has 2 aromatic carbocycles. The summed E-state index contributed by atoms with van der Waals surface area (Å²) in [4.78, 5) is 19.1. The average Bonchev–Trinajstić information content (AvgIpc) is 3.15. The fourth-order valence-electron chi connectivity index (χ4n) is 3.71. The standard InChI is InChI=1S/C24H24FN3O2/c1-15-11-12-28(24-26-17(3)14-30-24)13-20(15)18-7-9-19(10-8-18)27-23(29)22-16(2)5-4-6-21(22)25/h4-10,14H,11-13H2,1-3H3,(H,27,29). The summed E-state index contributed by atoms with van der Waals surface area (Å²) < 4.78 is 19.6. The van der Waals surface area contributed by atoms with E-state index in [0.717, 1.165) is 24.2 Å². The van der Waals surface area contributed by atoms with Crippen molar-refractivity contribution in [2.24, 2.45) is 0 Å². The highest BCUT2D eigenvalue weighted by atomic mass is 19.1. The zero-order valence-corrected chi connectivity index (χ0v) is 17.3. The van der Waals surface area contributed by atoms with Crippen LogP contribution >= 0.6 is 0 Å². The van der Waals surface area contributed by atoms with Gasteiger partial charge in [0.15, 0.2) is 0 Å². The number of nitrogens with zero attached hydrogens (tertiary/aromatic N) is 2. The number of aromatic nitrogens is 1. The minimum Gasteiger partial charge on any atom is -0.432 e. The Morgan fingerprint density at radius 2 is 1.90 bits per heavy atom. The second-order valence-electron chi connectivity index (χ2n) is 7.67.